The highest BCUT2D eigenvalue weighted by Crippen LogP contribution is 2.20. The summed E-state index contributed by atoms with van der Waals surface area (Å²) in [5, 5.41) is 9.75. The van der Waals surface area contributed by atoms with E-state index >= 15 is 0 Å². The van der Waals surface area contributed by atoms with Crippen molar-refractivity contribution < 1.29 is 23.8 Å². The normalized spacial score (nSPS) is 21.3. The Bertz CT molecular complexity index is 852. The molecule has 1 aromatic carbocycles. The average Bonchev–Trinajstić information content (AvgIpc) is 3.15. The third-order valence-corrected chi connectivity index (χ3v) is 4.73. The third kappa shape index (κ3) is 5.88. The van der Waals surface area contributed by atoms with Crippen LogP contribution in [0.25, 0.3) is 0 Å². The van der Waals surface area contributed by atoms with Crippen molar-refractivity contribution in [3.8, 4) is 0 Å². The molecule has 9 heteroatoms. The van der Waals surface area contributed by atoms with Crippen molar-refractivity contribution in [3.05, 3.63) is 53.9 Å². The lowest BCUT2D eigenvalue weighted by molar-refractivity contribution is -0.277. The number of rotatable bonds is 6. The van der Waals surface area contributed by atoms with E-state index in [-0.39, 0.29) is 24.9 Å². The summed E-state index contributed by atoms with van der Waals surface area (Å²) >= 11 is 0. The van der Waals surface area contributed by atoms with Gasteiger partial charge in [-0.2, -0.15) is 5.10 Å². The van der Waals surface area contributed by atoms with E-state index in [4.69, 9.17) is 14.2 Å². The summed E-state index contributed by atoms with van der Waals surface area (Å²) in [4.78, 5) is 24.9. The molecule has 30 heavy (non-hydrogen) atoms. The van der Waals surface area contributed by atoms with Crippen LogP contribution in [0.5, 0.6) is 0 Å². The quantitative estimate of drug-likeness (QED) is 0.731. The van der Waals surface area contributed by atoms with Gasteiger partial charge in [0.25, 0.3) is 11.8 Å². The van der Waals surface area contributed by atoms with Crippen molar-refractivity contribution in [1.82, 2.24) is 20.4 Å². The molecule has 2 heterocycles. The maximum atomic E-state index is 12.5. The Morgan fingerprint density at radius 2 is 1.77 bits per heavy atom. The van der Waals surface area contributed by atoms with Crippen molar-refractivity contribution in [2.75, 3.05) is 26.3 Å². The summed E-state index contributed by atoms with van der Waals surface area (Å²) in [6.07, 6.45) is 0.563. The zero-order valence-electron chi connectivity index (χ0n) is 17.5. The van der Waals surface area contributed by atoms with Gasteiger partial charge in [0, 0.05) is 31.9 Å². The lowest BCUT2D eigenvalue weighted by Gasteiger charge is -2.37. The molecule has 1 fully saturated rings. The second kappa shape index (κ2) is 9.84. The Kier molecular flexibility index (Phi) is 7.20. The summed E-state index contributed by atoms with van der Waals surface area (Å²) in [6.45, 7) is 4.76. The minimum Gasteiger partial charge on any atom is -0.371 e. The van der Waals surface area contributed by atoms with Crippen molar-refractivity contribution in [2.24, 2.45) is 7.05 Å². The van der Waals surface area contributed by atoms with E-state index in [1.54, 1.807) is 43.6 Å². The van der Waals surface area contributed by atoms with Gasteiger partial charge in [0.15, 0.2) is 5.79 Å². The zero-order valence-corrected chi connectivity index (χ0v) is 17.5. The van der Waals surface area contributed by atoms with Crippen LogP contribution in [0.15, 0.2) is 42.6 Å². The molecule has 0 bridgehead atoms. The SMILES string of the molecule is Cn1nccc1C(=O)NC[C@H]1OCCOC(C)(C)O[C@H]1CNC(=O)c1ccccc1. The highest BCUT2D eigenvalue weighted by atomic mass is 16.7. The molecule has 0 radical (unpaired) electrons. The molecule has 0 unspecified atom stereocenters. The van der Waals surface area contributed by atoms with E-state index in [2.05, 4.69) is 15.7 Å². The Morgan fingerprint density at radius 3 is 2.47 bits per heavy atom. The third-order valence-electron chi connectivity index (χ3n) is 4.73. The second-order valence-electron chi connectivity index (χ2n) is 7.44. The first-order chi connectivity index (χ1) is 14.4. The van der Waals surface area contributed by atoms with E-state index in [0.29, 0.717) is 24.5 Å². The molecule has 3 rings (SSSR count). The summed E-state index contributed by atoms with van der Waals surface area (Å²) in [5.41, 5.74) is 1.00. The van der Waals surface area contributed by atoms with Crippen LogP contribution in [-0.2, 0) is 21.3 Å². The van der Waals surface area contributed by atoms with Gasteiger partial charge in [0.2, 0.25) is 0 Å². The van der Waals surface area contributed by atoms with Gasteiger partial charge in [-0.3, -0.25) is 14.3 Å². The van der Waals surface area contributed by atoms with Crippen LogP contribution in [0.4, 0.5) is 0 Å². The topological polar surface area (TPSA) is 104 Å². The lowest BCUT2D eigenvalue weighted by atomic mass is 10.1. The summed E-state index contributed by atoms with van der Waals surface area (Å²) in [6, 6.07) is 10.6. The Morgan fingerprint density at radius 1 is 1.07 bits per heavy atom. The van der Waals surface area contributed by atoms with Crippen molar-refractivity contribution in [3.63, 3.8) is 0 Å². The molecule has 2 aromatic rings. The zero-order chi connectivity index (χ0) is 21.6. The largest absolute Gasteiger partial charge is 0.371 e. The number of aromatic nitrogens is 2. The van der Waals surface area contributed by atoms with Gasteiger partial charge in [0.05, 0.1) is 13.2 Å². The molecule has 0 spiro atoms. The molecule has 0 aliphatic carbocycles. The van der Waals surface area contributed by atoms with Crippen LogP contribution in [-0.4, -0.2) is 65.9 Å². The fraction of sp³-hybridized carbons (Fsp3) is 0.476. The number of carbonyl (C=O) groups excluding carboxylic acids is 2. The average molecular weight is 416 g/mol. The molecule has 162 valence electrons. The maximum Gasteiger partial charge on any atom is 0.269 e. The smallest absolute Gasteiger partial charge is 0.269 e. The Balaban J connectivity index is 1.66. The highest BCUT2D eigenvalue weighted by Gasteiger charge is 2.33. The number of amides is 2. The van der Waals surface area contributed by atoms with E-state index in [1.165, 1.54) is 4.68 Å². The van der Waals surface area contributed by atoms with E-state index in [9.17, 15) is 9.59 Å². The molecule has 9 nitrogen and oxygen atoms in total. The number of hydrogen-bond acceptors (Lipinski definition) is 6. The van der Waals surface area contributed by atoms with Crippen molar-refractivity contribution >= 4 is 11.8 Å². The van der Waals surface area contributed by atoms with Gasteiger partial charge >= 0.3 is 0 Å². The van der Waals surface area contributed by atoms with E-state index in [1.807, 2.05) is 19.9 Å². The summed E-state index contributed by atoms with van der Waals surface area (Å²) in [5.74, 6) is -1.32. The molecule has 2 amide bonds. The first-order valence-corrected chi connectivity index (χ1v) is 9.88. The molecule has 2 atom stereocenters. The molecular weight excluding hydrogens is 388 g/mol. The summed E-state index contributed by atoms with van der Waals surface area (Å²) in [7, 11) is 1.70. The number of aryl methyl sites for hydroxylation is 1. The molecule has 1 aliphatic rings. The predicted molar refractivity (Wildman–Crippen MR) is 109 cm³/mol. The molecule has 1 aromatic heterocycles. The fourth-order valence-electron chi connectivity index (χ4n) is 3.20. The monoisotopic (exact) mass is 416 g/mol. The van der Waals surface area contributed by atoms with Crippen LogP contribution < -0.4 is 10.6 Å². The number of nitrogens with zero attached hydrogens (tertiary/aromatic N) is 2. The fourth-order valence-corrected chi connectivity index (χ4v) is 3.20. The van der Waals surface area contributed by atoms with Gasteiger partial charge < -0.3 is 24.8 Å². The molecule has 1 saturated heterocycles. The van der Waals surface area contributed by atoms with Gasteiger partial charge in [-0.25, -0.2) is 0 Å². The standard InChI is InChI=1S/C21H28N4O5/c1-21(2)29-12-11-28-17(13-23-20(27)16-9-10-24-25(16)3)18(30-21)14-22-19(26)15-7-5-4-6-8-15/h4-10,17-18H,11-14H2,1-3H3,(H,22,26)(H,23,27)/t17-,18+/m1/s1. The van der Waals surface area contributed by atoms with Gasteiger partial charge in [-0.05, 0) is 32.0 Å². The first kappa shape index (κ1) is 21.9. The first-order valence-electron chi connectivity index (χ1n) is 9.88. The molecule has 1 aliphatic heterocycles. The van der Waals surface area contributed by atoms with Gasteiger partial charge in [0.1, 0.15) is 17.9 Å². The second-order valence-corrected chi connectivity index (χ2v) is 7.44. The molecule has 2 N–H and O–H groups in total. The lowest BCUT2D eigenvalue weighted by Crippen LogP contribution is -2.52. The molecular formula is C21H28N4O5. The van der Waals surface area contributed by atoms with E-state index < -0.39 is 18.0 Å². The number of hydrogen-bond donors (Lipinski definition) is 2. The maximum absolute atomic E-state index is 12.5. The van der Waals surface area contributed by atoms with Crippen LogP contribution in [0.2, 0.25) is 0 Å². The Hall–Kier alpha value is -2.75. The van der Waals surface area contributed by atoms with Crippen molar-refractivity contribution in [2.45, 2.75) is 31.8 Å². The van der Waals surface area contributed by atoms with Crippen LogP contribution in [0, 0.1) is 0 Å². The minimum absolute atomic E-state index is 0.201. The molecule has 0 saturated carbocycles. The minimum atomic E-state index is -0.851. The number of nitrogens with one attached hydrogen (secondary N) is 2. The van der Waals surface area contributed by atoms with Crippen LogP contribution in [0.1, 0.15) is 34.7 Å². The van der Waals surface area contributed by atoms with Gasteiger partial charge in [-0.15, -0.1) is 0 Å². The highest BCUT2D eigenvalue weighted by molar-refractivity contribution is 5.94. The van der Waals surface area contributed by atoms with Gasteiger partial charge in [-0.1, -0.05) is 18.2 Å². The number of benzene rings is 1. The predicted octanol–water partition coefficient (Wildman–Crippen LogP) is 1.12. The van der Waals surface area contributed by atoms with E-state index in [0.717, 1.165) is 0 Å². The van der Waals surface area contributed by atoms with Crippen LogP contribution >= 0.6 is 0 Å². The summed E-state index contributed by atoms with van der Waals surface area (Å²) < 4.78 is 19.2. The van der Waals surface area contributed by atoms with Crippen molar-refractivity contribution in [1.29, 1.82) is 0 Å². The number of ether oxygens (including phenoxy) is 3. The number of carbonyl (C=O) groups is 2. The Labute approximate surface area is 175 Å². The van der Waals surface area contributed by atoms with Crippen LogP contribution in [0.3, 0.4) is 0 Å².